The third kappa shape index (κ3) is 3.50. The molecule has 7 heteroatoms. The van der Waals surface area contributed by atoms with Crippen molar-refractivity contribution in [2.75, 3.05) is 7.05 Å². The summed E-state index contributed by atoms with van der Waals surface area (Å²) in [7, 11) is 1.98. The minimum Gasteiger partial charge on any atom is -0.388 e. The molecule has 23 heavy (non-hydrogen) atoms. The Hall–Kier alpha value is -2.01. The standard InChI is InChI=1S/C16H19N5OS/c1-19(9-13-4-2-3-12(7-13)8-17)11-20-16(23)21(14-5-6-14)15(10-22)18-20/h2-4,7,14,22H,5-6,9-11H2,1H3. The lowest BCUT2D eigenvalue weighted by atomic mass is 10.1. The zero-order valence-electron chi connectivity index (χ0n) is 13.0. The van der Waals surface area contributed by atoms with Crippen LogP contribution >= 0.6 is 12.2 Å². The van der Waals surface area contributed by atoms with Gasteiger partial charge >= 0.3 is 0 Å². The smallest absolute Gasteiger partial charge is 0.199 e. The number of aliphatic hydroxyl groups excluding tert-OH is 1. The molecule has 1 aromatic heterocycles. The highest BCUT2D eigenvalue weighted by molar-refractivity contribution is 7.71. The van der Waals surface area contributed by atoms with Crippen LogP contribution in [0.2, 0.25) is 0 Å². The van der Waals surface area contributed by atoms with Crippen molar-refractivity contribution in [1.29, 1.82) is 5.26 Å². The lowest BCUT2D eigenvalue weighted by molar-refractivity contribution is 0.238. The highest BCUT2D eigenvalue weighted by Crippen LogP contribution is 2.36. The summed E-state index contributed by atoms with van der Waals surface area (Å²) in [5, 5.41) is 22.9. The van der Waals surface area contributed by atoms with Crippen molar-refractivity contribution in [2.24, 2.45) is 0 Å². The predicted molar refractivity (Wildman–Crippen MR) is 87.9 cm³/mol. The number of benzene rings is 1. The predicted octanol–water partition coefficient (Wildman–Crippen LogP) is 2.20. The minimum atomic E-state index is -0.0962. The van der Waals surface area contributed by atoms with Gasteiger partial charge in [-0.1, -0.05) is 12.1 Å². The van der Waals surface area contributed by atoms with Gasteiger partial charge in [-0.25, -0.2) is 4.68 Å². The number of nitrogens with zero attached hydrogens (tertiary/aromatic N) is 5. The zero-order chi connectivity index (χ0) is 16.4. The number of hydrogen-bond donors (Lipinski definition) is 1. The second-order valence-corrected chi connectivity index (χ2v) is 6.29. The van der Waals surface area contributed by atoms with Crippen molar-refractivity contribution in [3.05, 3.63) is 46.0 Å². The Morgan fingerprint density at radius 3 is 2.91 bits per heavy atom. The highest BCUT2D eigenvalue weighted by atomic mass is 32.1. The Balaban J connectivity index is 1.74. The molecule has 0 radical (unpaired) electrons. The molecule has 2 aromatic rings. The number of nitriles is 1. The first-order valence-corrected chi connectivity index (χ1v) is 8.00. The summed E-state index contributed by atoms with van der Waals surface area (Å²) >= 11 is 5.50. The molecule has 0 saturated heterocycles. The second kappa shape index (κ2) is 6.62. The van der Waals surface area contributed by atoms with Crippen molar-refractivity contribution >= 4 is 12.2 Å². The van der Waals surface area contributed by atoms with Gasteiger partial charge in [0.05, 0.1) is 18.3 Å². The van der Waals surface area contributed by atoms with Crippen LogP contribution in [-0.4, -0.2) is 31.4 Å². The molecule has 0 atom stereocenters. The highest BCUT2D eigenvalue weighted by Gasteiger charge is 2.28. The quantitative estimate of drug-likeness (QED) is 0.823. The van der Waals surface area contributed by atoms with E-state index in [0.29, 0.717) is 35.4 Å². The van der Waals surface area contributed by atoms with Crippen LogP contribution in [0.25, 0.3) is 0 Å². The van der Waals surface area contributed by atoms with E-state index >= 15 is 0 Å². The molecule has 1 heterocycles. The van der Waals surface area contributed by atoms with Gasteiger partial charge in [0.15, 0.2) is 10.6 Å². The molecule has 1 saturated carbocycles. The molecule has 0 amide bonds. The summed E-state index contributed by atoms with van der Waals surface area (Å²) in [6.07, 6.45) is 2.20. The maximum absolute atomic E-state index is 9.47. The minimum absolute atomic E-state index is 0.0962. The largest absolute Gasteiger partial charge is 0.388 e. The van der Waals surface area contributed by atoms with Gasteiger partial charge in [0, 0.05) is 12.6 Å². The van der Waals surface area contributed by atoms with Crippen molar-refractivity contribution in [2.45, 2.75) is 38.7 Å². The second-order valence-electron chi connectivity index (χ2n) is 5.93. The van der Waals surface area contributed by atoms with Crippen LogP contribution in [0.4, 0.5) is 0 Å². The molecule has 1 aliphatic rings. The first-order chi connectivity index (χ1) is 11.1. The molecule has 0 spiro atoms. The average molecular weight is 329 g/mol. The lowest BCUT2D eigenvalue weighted by Gasteiger charge is -2.16. The fourth-order valence-corrected chi connectivity index (χ4v) is 3.05. The molecule has 1 aromatic carbocycles. The molecule has 0 unspecified atom stereocenters. The van der Waals surface area contributed by atoms with E-state index in [1.165, 1.54) is 0 Å². The molecule has 0 bridgehead atoms. The molecular weight excluding hydrogens is 310 g/mol. The molecule has 1 fully saturated rings. The van der Waals surface area contributed by atoms with E-state index in [1.807, 2.05) is 29.8 Å². The van der Waals surface area contributed by atoms with Gasteiger partial charge in [0.2, 0.25) is 0 Å². The van der Waals surface area contributed by atoms with Gasteiger partial charge in [-0.3, -0.25) is 9.47 Å². The summed E-state index contributed by atoms with van der Waals surface area (Å²) < 4.78 is 4.39. The van der Waals surface area contributed by atoms with E-state index in [9.17, 15) is 5.11 Å². The van der Waals surface area contributed by atoms with Crippen molar-refractivity contribution in [3.63, 3.8) is 0 Å². The van der Waals surface area contributed by atoms with Crippen LogP contribution in [0.3, 0.4) is 0 Å². The van der Waals surface area contributed by atoms with Gasteiger partial charge in [-0.15, -0.1) is 0 Å². The van der Waals surface area contributed by atoms with E-state index in [-0.39, 0.29) is 6.61 Å². The van der Waals surface area contributed by atoms with Gasteiger partial charge in [0.1, 0.15) is 6.61 Å². The summed E-state index contributed by atoms with van der Waals surface area (Å²) in [6.45, 7) is 1.14. The Morgan fingerprint density at radius 1 is 1.48 bits per heavy atom. The SMILES string of the molecule is CN(Cc1cccc(C#N)c1)Cn1nc(CO)n(C2CC2)c1=S. The van der Waals surface area contributed by atoms with Crippen LogP contribution in [-0.2, 0) is 19.8 Å². The van der Waals surface area contributed by atoms with E-state index in [4.69, 9.17) is 17.5 Å². The van der Waals surface area contributed by atoms with E-state index in [1.54, 1.807) is 10.7 Å². The summed E-state index contributed by atoms with van der Waals surface area (Å²) in [5.74, 6) is 0.636. The van der Waals surface area contributed by atoms with Crippen molar-refractivity contribution < 1.29 is 5.11 Å². The molecule has 0 aliphatic heterocycles. The van der Waals surface area contributed by atoms with Crippen LogP contribution in [0.1, 0.15) is 35.8 Å². The number of aliphatic hydroxyl groups is 1. The van der Waals surface area contributed by atoms with Crippen LogP contribution < -0.4 is 0 Å². The van der Waals surface area contributed by atoms with Gasteiger partial charge in [-0.05, 0) is 49.8 Å². The van der Waals surface area contributed by atoms with E-state index in [2.05, 4.69) is 16.1 Å². The number of aromatic nitrogens is 3. The van der Waals surface area contributed by atoms with Gasteiger partial charge in [-0.2, -0.15) is 10.4 Å². The van der Waals surface area contributed by atoms with Crippen molar-refractivity contribution in [3.8, 4) is 6.07 Å². The maximum Gasteiger partial charge on any atom is 0.199 e. The summed E-state index contributed by atoms with van der Waals surface area (Å²) in [4.78, 5) is 2.08. The lowest BCUT2D eigenvalue weighted by Crippen LogP contribution is -2.22. The molecule has 1 aliphatic carbocycles. The van der Waals surface area contributed by atoms with Gasteiger partial charge < -0.3 is 5.11 Å². The summed E-state index contributed by atoms with van der Waals surface area (Å²) in [5.41, 5.74) is 1.73. The molecule has 6 nitrogen and oxygen atoms in total. The Labute approximate surface area is 140 Å². The van der Waals surface area contributed by atoms with E-state index in [0.717, 1.165) is 18.4 Å². The van der Waals surface area contributed by atoms with Crippen molar-refractivity contribution in [1.82, 2.24) is 19.2 Å². The number of rotatable bonds is 6. The number of hydrogen-bond acceptors (Lipinski definition) is 5. The summed E-state index contributed by atoms with van der Waals surface area (Å²) in [6, 6.07) is 10.1. The van der Waals surface area contributed by atoms with Crippen LogP contribution in [0.5, 0.6) is 0 Å². The van der Waals surface area contributed by atoms with Gasteiger partial charge in [0.25, 0.3) is 0 Å². The first-order valence-electron chi connectivity index (χ1n) is 7.59. The maximum atomic E-state index is 9.47. The topological polar surface area (TPSA) is 70.0 Å². The Kier molecular flexibility index (Phi) is 4.57. The van der Waals surface area contributed by atoms with E-state index < -0.39 is 0 Å². The monoisotopic (exact) mass is 329 g/mol. The fraction of sp³-hybridized carbons (Fsp3) is 0.438. The third-order valence-electron chi connectivity index (χ3n) is 3.88. The molecule has 120 valence electrons. The zero-order valence-corrected chi connectivity index (χ0v) is 13.8. The average Bonchev–Trinajstić information content (AvgIpc) is 3.33. The normalized spacial score (nSPS) is 14.2. The Bertz CT molecular complexity index is 800. The van der Waals surface area contributed by atoms with Crippen LogP contribution in [0, 0.1) is 16.1 Å². The third-order valence-corrected chi connectivity index (χ3v) is 4.29. The molecule has 3 rings (SSSR count). The van der Waals surface area contributed by atoms with Crippen LogP contribution in [0.15, 0.2) is 24.3 Å². The Morgan fingerprint density at radius 2 is 2.26 bits per heavy atom. The molecule has 1 N–H and O–H groups in total. The molecular formula is C16H19N5OS. The fourth-order valence-electron chi connectivity index (χ4n) is 2.69. The first kappa shape index (κ1) is 15.9.